The van der Waals surface area contributed by atoms with Crippen molar-refractivity contribution in [3.8, 4) is 0 Å². The highest BCUT2D eigenvalue weighted by Crippen LogP contribution is 2.35. The molecule has 3 heteroatoms. The smallest absolute Gasteiger partial charge is 0.0951 e. The number of nitrogen functional groups attached to an aromatic ring is 1. The van der Waals surface area contributed by atoms with Gasteiger partial charge in [-0.3, -0.25) is 4.98 Å². The number of nitrogens with zero attached hydrogens (tertiary/aromatic N) is 1. The topological polar surface area (TPSA) is 50.9 Å². The molecule has 16 heavy (non-hydrogen) atoms. The molecule has 0 bridgehead atoms. The quantitative estimate of drug-likeness (QED) is 0.754. The fourth-order valence-electron chi connectivity index (χ4n) is 2.05. The standard InChI is InChI=1S/C13H15N3/c1-8-7-12(8)16-11-5-6-15-13-9(11)3-2-4-10(13)14/h2-6,8,12H,7,14H2,1H3,(H,15,16). The summed E-state index contributed by atoms with van der Waals surface area (Å²) in [5.41, 5.74) is 8.68. The Morgan fingerprint density at radius 3 is 2.94 bits per heavy atom. The summed E-state index contributed by atoms with van der Waals surface area (Å²) >= 11 is 0. The van der Waals surface area contributed by atoms with Crippen LogP contribution in [0, 0.1) is 5.92 Å². The van der Waals surface area contributed by atoms with Crippen molar-refractivity contribution in [3.05, 3.63) is 30.5 Å². The zero-order valence-electron chi connectivity index (χ0n) is 9.27. The van der Waals surface area contributed by atoms with Crippen molar-refractivity contribution in [3.63, 3.8) is 0 Å². The van der Waals surface area contributed by atoms with Crippen LogP contribution in [-0.2, 0) is 0 Å². The number of pyridine rings is 1. The molecule has 2 unspecified atom stereocenters. The molecule has 0 radical (unpaired) electrons. The van der Waals surface area contributed by atoms with Gasteiger partial charge < -0.3 is 11.1 Å². The van der Waals surface area contributed by atoms with Crippen LogP contribution in [-0.4, -0.2) is 11.0 Å². The molecule has 1 fully saturated rings. The van der Waals surface area contributed by atoms with Crippen LogP contribution in [0.1, 0.15) is 13.3 Å². The lowest BCUT2D eigenvalue weighted by atomic mass is 10.1. The first-order chi connectivity index (χ1) is 7.75. The molecule has 0 aliphatic heterocycles. The summed E-state index contributed by atoms with van der Waals surface area (Å²) in [6, 6.07) is 8.56. The molecule has 1 aromatic heterocycles. The predicted octanol–water partition coefficient (Wildman–Crippen LogP) is 2.64. The van der Waals surface area contributed by atoms with Crippen LogP contribution in [0.15, 0.2) is 30.5 Å². The number of nitrogens with one attached hydrogen (secondary N) is 1. The van der Waals surface area contributed by atoms with Gasteiger partial charge in [0.05, 0.1) is 11.2 Å². The summed E-state index contributed by atoms with van der Waals surface area (Å²) in [5.74, 6) is 0.782. The molecule has 2 atom stereocenters. The number of rotatable bonds is 2. The molecule has 1 saturated carbocycles. The van der Waals surface area contributed by atoms with E-state index in [0.717, 1.165) is 28.2 Å². The van der Waals surface area contributed by atoms with Crippen LogP contribution in [0.5, 0.6) is 0 Å². The zero-order chi connectivity index (χ0) is 11.1. The molecule has 0 saturated heterocycles. The Labute approximate surface area is 94.7 Å². The Morgan fingerprint density at radius 1 is 1.38 bits per heavy atom. The summed E-state index contributed by atoms with van der Waals surface area (Å²) in [5, 5.41) is 4.65. The average molecular weight is 213 g/mol. The minimum atomic E-state index is 0.618. The van der Waals surface area contributed by atoms with Gasteiger partial charge in [0.25, 0.3) is 0 Å². The van der Waals surface area contributed by atoms with Gasteiger partial charge in [-0.2, -0.15) is 0 Å². The first-order valence-electron chi connectivity index (χ1n) is 5.65. The number of para-hydroxylation sites is 1. The summed E-state index contributed by atoms with van der Waals surface area (Å²) < 4.78 is 0. The zero-order valence-corrected chi connectivity index (χ0v) is 9.27. The van der Waals surface area contributed by atoms with Gasteiger partial charge in [0.2, 0.25) is 0 Å². The number of nitrogens with two attached hydrogens (primary N) is 1. The minimum absolute atomic E-state index is 0.618. The van der Waals surface area contributed by atoms with Gasteiger partial charge in [0.1, 0.15) is 0 Å². The van der Waals surface area contributed by atoms with E-state index in [4.69, 9.17) is 5.73 Å². The van der Waals surface area contributed by atoms with Crippen molar-refractivity contribution < 1.29 is 0 Å². The Kier molecular flexibility index (Phi) is 1.99. The highest BCUT2D eigenvalue weighted by molar-refractivity contribution is 5.97. The molecule has 1 aliphatic carbocycles. The second-order valence-corrected chi connectivity index (χ2v) is 4.57. The van der Waals surface area contributed by atoms with Crippen molar-refractivity contribution in [2.24, 2.45) is 5.92 Å². The van der Waals surface area contributed by atoms with Crippen molar-refractivity contribution in [2.45, 2.75) is 19.4 Å². The molecular formula is C13H15N3. The molecule has 3 nitrogen and oxygen atoms in total. The normalized spacial score (nSPS) is 23.3. The van der Waals surface area contributed by atoms with Gasteiger partial charge in [-0.1, -0.05) is 19.1 Å². The average Bonchev–Trinajstić information content (AvgIpc) is 2.96. The number of benzene rings is 1. The molecule has 82 valence electrons. The molecule has 3 rings (SSSR count). The number of anilines is 2. The maximum Gasteiger partial charge on any atom is 0.0951 e. The monoisotopic (exact) mass is 213 g/mol. The summed E-state index contributed by atoms with van der Waals surface area (Å²) in [4.78, 5) is 4.32. The van der Waals surface area contributed by atoms with E-state index >= 15 is 0 Å². The minimum Gasteiger partial charge on any atom is -0.397 e. The highest BCUT2D eigenvalue weighted by Gasteiger charge is 2.32. The third-order valence-electron chi connectivity index (χ3n) is 3.25. The van der Waals surface area contributed by atoms with Gasteiger partial charge >= 0.3 is 0 Å². The van der Waals surface area contributed by atoms with E-state index in [-0.39, 0.29) is 0 Å². The van der Waals surface area contributed by atoms with Crippen LogP contribution in [0.2, 0.25) is 0 Å². The molecule has 3 N–H and O–H groups in total. The number of hydrogen-bond acceptors (Lipinski definition) is 3. The molecule has 0 amide bonds. The first kappa shape index (κ1) is 9.46. The second kappa shape index (κ2) is 3.37. The highest BCUT2D eigenvalue weighted by atomic mass is 15.0. The summed E-state index contributed by atoms with van der Waals surface area (Å²) in [7, 11) is 0. The fraction of sp³-hybridized carbons (Fsp3) is 0.308. The van der Waals surface area contributed by atoms with Gasteiger partial charge in [-0.15, -0.1) is 0 Å². The van der Waals surface area contributed by atoms with Gasteiger partial charge in [-0.05, 0) is 24.5 Å². The maximum atomic E-state index is 5.91. The first-order valence-corrected chi connectivity index (χ1v) is 5.65. The van der Waals surface area contributed by atoms with Crippen molar-refractivity contribution in [1.29, 1.82) is 0 Å². The van der Waals surface area contributed by atoms with E-state index in [0.29, 0.717) is 6.04 Å². The van der Waals surface area contributed by atoms with E-state index in [9.17, 15) is 0 Å². The number of hydrogen-bond donors (Lipinski definition) is 2. The van der Waals surface area contributed by atoms with Crippen molar-refractivity contribution in [1.82, 2.24) is 4.98 Å². The SMILES string of the molecule is CC1CC1Nc1ccnc2c(N)cccc12. The summed E-state index contributed by atoms with van der Waals surface area (Å²) in [6.07, 6.45) is 3.07. The lowest BCUT2D eigenvalue weighted by molar-refractivity contribution is 0.930. The Bertz CT molecular complexity index is 536. The molecule has 1 aromatic carbocycles. The van der Waals surface area contributed by atoms with E-state index in [1.165, 1.54) is 6.42 Å². The van der Waals surface area contributed by atoms with Crippen LogP contribution in [0.4, 0.5) is 11.4 Å². The van der Waals surface area contributed by atoms with Crippen molar-refractivity contribution >= 4 is 22.3 Å². The molecule has 0 spiro atoms. The van der Waals surface area contributed by atoms with E-state index in [2.05, 4.69) is 23.3 Å². The largest absolute Gasteiger partial charge is 0.397 e. The van der Waals surface area contributed by atoms with E-state index < -0.39 is 0 Å². The Hall–Kier alpha value is -1.77. The lowest BCUT2D eigenvalue weighted by Gasteiger charge is -2.09. The van der Waals surface area contributed by atoms with Crippen LogP contribution in [0.3, 0.4) is 0 Å². The Balaban J connectivity index is 2.07. The second-order valence-electron chi connectivity index (χ2n) is 4.57. The number of aromatic nitrogens is 1. The summed E-state index contributed by atoms with van der Waals surface area (Å²) in [6.45, 7) is 2.26. The van der Waals surface area contributed by atoms with Gasteiger partial charge in [0, 0.05) is 23.3 Å². The molecular weight excluding hydrogens is 198 g/mol. The van der Waals surface area contributed by atoms with E-state index in [1.54, 1.807) is 0 Å². The lowest BCUT2D eigenvalue weighted by Crippen LogP contribution is -2.04. The fourth-order valence-corrected chi connectivity index (χ4v) is 2.05. The van der Waals surface area contributed by atoms with Crippen LogP contribution >= 0.6 is 0 Å². The molecule has 2 aromatic rings. The molecule has 1 heterocycles. The van der Waals surface area contributed by atoms with Gasteiger partial charge in [0.15, 0.2) is 0 Å². The van der Waals surface area contributed by atoms with Gasteiger partial charge in [-0.25, -0.2) is 0 Å². The van der Waals surface area contributed by atoms with Crippen LogP contribution < -0.4 is 11.1 Å². The third kappa shape index (κ3) is 1.48. The molecule has 1 aliphatic rings. The number of fused-ring (bicyclic) bond motifs is 1. The maximum absolute atomic E-state index is 5.91. The predicted molar refractivity (Wildman–Crippen MR) is 67.3 cm³/mol. The van der Waals surface area contributed by atoms with E-state index in [1.807, 2.05) is 24.4 Å². The van der Waals surface area contributed by atoms with Crippen LogP contribution in [0.25, 0.3) is 10.9 Å². The Morgan fingerprint density at radius 2 is 2.19 bits per heavy atom. The third-order valence-corrected chi connectivity index (χ3v) is 3.25. The van der Waals surface area contributed by atoms with Crippen molar-refractivity contribution in [2.75, 3.05) is 11.1 Å².